The Labute approximate surface area is 135 Å². The Balaban J connectivity index is 1.99. The predicted octanol–water partition coefficient (Wildman–Crippen LogP) is 4.68. The largest absolute Gasteiger partial charge is 0.295 e. The highest BCUT2D eigenvalue weighted by Gasteiger charge is 2.34. The molecule has 1 fully saturated rings. The number of hydrogen-bond donors (Lipinski definition) is 0. The first-order valence-electron chi connectivity index (χ1n) is 6.51. The Kier molecular flexibility index (Phi) is 4.04. The Hall–Kier alpha value is -1.33. The number of amides is 1. The maximum Gasteiger partial charge on any atom is 0.238 e. The highest BCUT2D eigenvalue weighted by Crippen LogP contribution is 2.42. The van der Waals surface area contributed by atoms with Gasteiger partial charge in [0.2, 0.25) is 5.91 Å². The second kappa shape index (κ2) is 5.81. The lowest BCUT2D eigenvalue weighted by atomic mass is 10.1. The molecule has 2 aromatic carbocycles. The summed E-state index contributed by atoms with van der Waals surface area (Å²) in [5.41, 5.74) is 2.23. The van der Waals surface area contributed by atoms with Gasteiger partial charge >= 0.3 is 0 Å². The molecular formula is C16H13BrFNOS. The van der Waals surface area contributed by atoms with Crippen molar-refractivity contribution >= 4 is 39.3 Å². The molecule has 2 aromatic rings. The zero-order chi connectivity index (χ0) is 15.0. The highest BCUT2D eigenvalue weighted by molar-refractivity contribution is 9.10. The smallest absolute Gasteiger partial charge is 0.238 e. The topological polar surface area (TPSA) is 20.3 Å². The second-order valence-electron chi connectivity index (χ2n) is 4.91. The molecule has 5 heteroatoms. The number of thioether (sulfide) groups is 1. The number of nitrogens with zero attached hydrogens (tertiary/aromatic N) is 1. The minimum Gasteiger partial charge on any atom is -0.295 e. The van der Waals surface area contributed by atoms with E-state index in [-0.39, 0.29) is 17.1 Å². The zero-order valence-corrected chi connectivity index (χ0v) is 13.7. The van der Waals surface area contributed by atoms with Crippen LogP contribution >= 0.6 is 27.7 Å². The summed E-state index contributed by atoms with van der Waals surface area (Å²) >= 11 is 4.97. The van der Waals surface area contributed by atoms with Crippen molar-refractivity contribution in [1.29, 1.82) is 0 Å². The van der Waals surface area contributed by atoms with E-state index in [9.17, 15) is 9.18 Å². The molecule has 1 aliphatic heterocycles. The van der Waals surface area contributed by atoms with Gasteiger partial charge in [0, 0.05) is 10.2 Å². The fraction of sp³-hybridized carbons (Fsp3) is 0.188. The van der Waals surface area contributed by atoms with Crippen molar-refractivity contribution in [3.8, 4) is 0 Å². The number of carbonyl (C=O) groups is 1. The van der Waals surface area contributed by atoms with Crippen LogP contribution < -0.4 is 4.90 Å². The average molecular weight is 366 g/mol. The molecule has 1 aliphatic rings. The van der Waals surface area contributed by atoms with Gasteiger partial charge in [0.15, 0.2) is 0 Å². The molecular weight excluding hydrogens is 353 g/mol. The number of benzene rings is 2. The SMILES string of the molecule is Cc1ccc(N2C(=O)CS[C@@H]2c2ccc(Br)cc2)cc1F. The fourth-order valence-electron chi connectivity index (χ4n) is 2.31. The molecule has 1 atom stereocenters. The van der Waals surface area contributed by atoms with E-state index in [1.807, 2.05) is 24.3 Å². The molecule has 0 aliphatic carbocycles. The highest BCUT2D eigenvalue weighted by atomic mass is 79.9. The van der Waals surface area contributed by atoms with Crippen LogP contribution in [0.5, 0.6) is 0 Å². The second-order valence-corrected chi connectivity index (χ2v) is 6.90. The maximum absolute atomic E-state index is 13.8. The third-order valence-electron chi connectivity index (χ3n) is 3.46. The van der Waals surface area contributed by atoms with Crippen LogP contribution in [0.1, 0.15) is 16.5 Å². The summed E-state index contributed by atoms with van der Waals surface area (Å²) in [5.74, 6) is 0.138. The molecule has 0 N–H and O–H groups in total. The van der Waals surface area contributed by atoms with Crippen LogP contribution in [0.25, 0.3) is 0 Å². The third-order valence-corrected chi connectivity index (χ3v) is 5.20. The third kappa shape index (κ3) is 2.85. The first-order chi connectivity index (χ1) is 10.1. The summed E-state index contributed by atoms with van der Waals surface area (Å²) in [6, 6.07) is 12.8. The van der Waals surface area contributed by atoms with Crippen molar-refractivity contribution in [2.24, 2.45) is 0 Å². The normalized spacial score (nSPS) is 18.3. The van der Waals surface area contributed by atoms with Crippen LogP contribution in [0.2, 0.25) is 0 Å². The molecule has 0 bridgehead atoms. The lowest BCUT2D eigenvalue weighted by molar-refractivity contribution is -0.115. The van der Waals surface area contributed by atoms with Crippen LogP contribution in [-0.2, 0) is 4.79 Å². The molecule has 0 saturated carbocycles. The first kappa shape index (κ1) is 14.6. The number of carbonyl (C=O) groups excluding carboxylic acids is 1. The zero-order valence-electron chi connectivity index (χ0n) is 11.3. The van der Waals surface area contributed by atoms with Crippen LogP contribution in [0.4, 0.5) is 10.1 Å². The van der Waals surface area contributed by atoms with Crippen molar-refractivity contribution < 1.29 is 9.18 Å². The minimum absolute atomic E-state index is 0.0103. The number of rotatable bonds is 2. The van der Waals surface area contributed by atoms with E-state index < -0.39 is 0 Å². The van der Waals surface area contributed by atoms with Crippen LogP contribution in [-0.4, -0.2) is 11.7 Å². The Morgan fingerprint density at radius 1 is 1.24 bits per heavy atom. The lowest BCUT2D eigenvalue weighted by Gasteiger charge is -2.24. The van der Waals surface area contributed by atoms with Gasteiger partial charge < -0.3 is 0 Å². The van der Waals surface area contributed by atoms with Gasteiger partial charge in [-0.3, -0.25) is 9.69 Å². The number of halogens is 2. The van der Waals surface area contributed by atoms with Crippen molar-refractivity contribution in [2.75, 3.05) is 10.7 Å². The summed E-state index contributed by atoms with van der Waals surface area (Å²) in [7, 11) is 0. The van der Waals surface area contributed by atoms with Crippen molar-refractivity contribution in [3.63, 3.8) is 0 Å². The van der Waals surface area contributed by atoms with E-state index in [2.05, 4.69) is 15.9 Å². The molecule has 0 spiro atoms. The minimum atomic E-state index is -0.285. The predicted molar refractivity (Wildman–Crippen MR) is 88.0 cm³/mol. The van der Waals surface area contributed by atoms with Crippen molar-refractivity contribution in [1.82, 2.24) is 0 Å². The molecule has 1 amide bonds. The van der Waals surface area contributed by atoms with Gasteiger partial charge in [-0.15, -0.1) is 11.8 Å². The van der Waals surface area contributed by atoms with E-state index >= 15 is 0 Å². The van der Waals surface area contributed by atoms with E-state index in [0.717, 1.165) is 10.0 Å². The van der Waals surface area contributed by atoms with E-state index in [1.165, 1.54) is 6.07 Å². The first-order valence-corrected chi connectivity index (χ1v) is 8.36. The molecule has 21 heavy (non-hydrogen) atoms. The van der Waals surface area contributed by atoms with Crippen LogP contribution in [0.15, 0.2) is 46.9 Å². The van der Waals surface area contributed by atoms with E-state index in [0.29, 0.717) is 17.0 Å². The van der Waals surface area contributed by atoms with Crippen LogP contribution in [0, 0.1) is 12.7 Å². The van der Waals surface area contributed by atoms with E-state index in [1.54, 1.807) is 35.7 Å². The number of anilines is 1. The van der Waals surface area contributed by atoms with Gasteiger partial charge in [-0.2, -0.15) is 0 Å². The Morgan fingerprint density at radius 2 is 1.95 bits per heavy atom. The van der Waals surface area contributed by atoms with Gasteiger partial charge in [0.25, 0.3) is 0 Å². The molecule has 3 rings (SSSR count). The van der Waals surface area contributed by atoms with Gasteiger partial charge in [0.05, 0.1) is 5.75 Å². The summed E-state index contributed by atoms with van der Waals surface area (Å²) in [6.45, 7) is 1.71. The molecule has 108 valence electrons. The average Bonchev–Trinajstić information content (AvgIpc) is 2.85. The molecule has 0 radical (unpaired) electrons. The number of aryl methyl sites for hydroxylation is 1. The Bertz CT molecular complexity index is 689. The van der Waals surface area contributed by atoms with Gasteiger partial charge in [-0.05, 0) is 42.3 Å². The summed E-state index contributed by atoms with van der Waals surface area (Å²) in [5, 5.41) is -0.104. The van der Waals surface area contributed by atoms with Gasteiger partial charge in [-0.25, -0.2) is 4.39 Å². The van der Waals surface area contributed by atoms with Crippen LogP contribution in [0.3, 0.4) is 0 Å². The van der Waals surface area contributed by atoms with Crippen molar-refractivity contribution in [2.45, 2.75) is 12.3 Å². The number of hydrogen-bond acceptors (Lipinski definition) is 2. The van der Waals surface area contributed by atoms with Gasteiger partial charge in [-0.1, -0.05) is 34.1 Å². The van der Waals surface area contributed by atoms with E-state index in [4.69, 9.17) is 0 Å². The monoisotopic (exact) mass is 365 g/mol. The fourth-order valence-corrected chi connectivity index (χ4v) is 3.75. The quantitative estimate of drug-likeness (QED) is 0.770. The molecule has 1 saturated heterocycles. The lowest BCUT2D eigenvalue weighted by Crippen LogP contribution is -2.27. The summed E-state index contributed by atoms with van der Waals surface area (Å²) in [4.78, 5) is 13.9. The maximum atomic E-state index is 13.8. The molecule has 1 heterocycles. The van der Waals surface area contributed by atoms with Crippen molar-refractivity contribution in [3.05, 3.63) is 63.9 Å². The summed E-state index contributed by atoms with van der Waals surface area (Å²) in [6.07, 6.45) is 0. The van der Waals surface area contributed by atoms with Gasteiger partial charge in [0.1, 0.15) is 11.2 Å². The molecule has 0 unspecified atom stereocenters. The Morgan fingerprint density at radius 3 is 2.62 bits per heavy atom. The standard InChI is InChI=1S/C16H13BrFNOS/c1-10-2-7-13(8-14(10)18)19-15(20)9-21-16(19)11-3-5-12(17)6-4-11/h2-8,16H,9H2,1H3/t16-/m1/s1. The molecule has 0 aromatic heterocycles. The summed E-state index contributed by atoms with van der Waals surface area (Å²) < 4.78 is 14.8. The molecule has 2 nitrogen and oxygen atoms in total.